The number of rotatable bonds is 6. The third-order valence-corrected chi connectivity index (χ3v) is 8.30. The zero-order valence-electron chi connectivity index (χ0n) is 19.5. The number of anilines is 2. The molecule has 3 aromatic carbocycles. The molecule has 0 unspecified atom stereocenters. The normalized spacial score (nSPS) is 26.9. The average molecular weight is 453 g/mol. The lowest BCUT2D eigenvalue weighted by molar-refractivity contribution is -0.00648. The molecule has 0 atom stereocenters. The Morgan fingerprint density at radius 2 is 1.53 bits per heavy atom. The zero-order chi connectivity index (χ0) is 23.1. The topological polar surface area (TPSA) is 64.3 Å². The fourth-order valence-corrected chi connectivity index (χ4v) is 7.20. The number of benzene rings is 3. The largest absolute Gasteiger partial charge is 0.489 e. The molecule has 0 saturated heterocycles. The van der Waals surface area contributed by atoms with E-state index in [0.29, 0.717) is 23.5 Å². The first-order chi connectivity index (χ1) is 16.6. The number of hydrogen-bond acceptors (Lipinski definition) is 3. The minimum atomic E-state index is -0.167. The first kappa shape index (κ1) is 21.3. The fraction of sp³-hybridized carbons (Fsp3) is 0.367. The Kier molecular flexibility index (Phi) is 5.32. The average Bonchev–Trinajstić information content (AvgIpc) is 2.84. The highest BCUT2D eigenvalue weighted by atomic mass is 16.5. The second-order valence-corrected chi connectivity index (χ2v) is 10.7. The van der Waals surface area contributed by atoms with Crippen molar-refractivity contribution in [3.8, 4) is 5.75 Å². The maximum atomic E-state index is 13.1. The van der Waals surface area contributed by atoms with E-state index in [1.54, 1.807) is 6.07 Å². The van der Waals surface area contributed by atoms with Crippen LogP contribution in [0.25, 0.3) is 0 Å². The van der Waals surface area contributed by atoms with Crippen molar-refractivity contribution >= 4 is 17.3 Å². The van der Waals surface area contributed by atoms with Gasteiger partial charge in [-0.05, 0) is 91.5 Å². The Balaban J connectivity index is 1.33. The smallest absolute Gasteiger partial charge is 0.255 e. The van der Waals surface area contributed by atoms with Gasteiger partial charge in [-0.25, -0.2) is 0 Å². The molecule has 4 fully saturated rings. The van der Waals surface area contributed by atoms with Crippen LogP contribution in [0.1, 0.15) is 60.0 Å². The number of nitrogens with two attached hydrogens (primary N) is 1. The Bertz CT molecular complexity index is 1170. The van der Waals surface area contributed by atoms with Crippen molar-refractivity contribution in [2.75, 3.05) is 11.1 Å². The number of carbonyl (C=O) groups is 1. The zero-order valence-corrected chi connectivity index (χ0v) is 19.5. The molecule has 0 radical (unpaired) electrons. The molecule has 0 aliphatic heterocycles. The summed E-state index contributed by atoms with van der Waals surface area (Å²) in [5.74, 6) is 3.23. The summed E-state index contributed by atoms with van der Waals surface area (Å²) in [6.45, 7) is 0.497. The number of ether oxygens (including phenoxy) is 1. The number of para-hydroxylation sites is 2. The first-order valence-electron chi connectivity index (χ1n) is 12.6. The van der Waals surface area contributed by atoms with E-state index in [9.17, 15) is 4.79 Å². The summed E-state index contributed by atoms with van der Waals surface area (Å²) in [5.41, 5.74) is 10.5. The van der Waals surface area contributed by atoms with Crippen LogP contribution in [0, 0.1) is 17.8 Å². The molecule has 4 aliphatic carbocycles. The number of nitrogen functional groups attached to an aromatic ring is 1. The van der Waals surface area contributed by atoms with Crippen LogP contribution in [0.3, 0.4) is 0 Å². The monoisotopic (exact) mass is 452 g/mol. The highest BCUT2D eigenvalue weighted by Gasteiger charge is 2.52. The lowest BCUT2D eigenvalue weighted by Crippen LogP contribution is -2.48. The first-order valence-corrected chi connectivity index (χ1v) is 12.6. The van der Waals surface area contributed by atoms with Gasteiger partial charge in [0.05, 0.1) is 11.4 Å². The third-order valence-electron chi connectivity index (χ3n) is 8.30. The molecule has 3 aromatic rings. The molecule has 0 heterocycles. The molecular weight excluding hydrogens is 420 g/mol. The van der Waals surface area contributed by atoms with E-state index < -0.39 is 0 Å². The summed E-state index contributed by atoms with van der Waals surface area (Å²) in [6.07, 6.45) is 7.97. The third kappa shape index (κ3) is 3.96. The van der Waals surface area contributed by atoms with Crippen LogP contribution in [0.2, 0.25) is 0 Å². The summed E-state index contributed by atoms with van der Waals surface area (Å²) in [6, 6.07) is 23.7. The van der Waals surface area contributed by atoms with E-state index in [1.807, 2.05) is 48.5 Å². The van der Waals surface area contributed by atoms with Gasteiger partial charge in [0.1, 0.15) is 12.4 Å². The molecule has 4 nitrogen and oxygen atoms in total. The standard InChI is InChI=1S/C30H32N2O2/c31-26-8-4-5-9-27(26)32-29(33)24-10-11-25(28(15-24)34-19-20-6-2-1-3-7-20)30-16-21-12-22(17-30)14-23(13-21)18-30/h1-11,15,21-23H,12-14,16-19,31H2,(H,32,33). The molecule has 0 aromatic heterocycles. The van der Waals surface area contributed by atoms with Gasteiger partial charge in [-0.1, -0.05) is 48.5 Å². The van der Waals surface area contributed by atoms with Gasteiger partial charge in [-0.15, -0.1) is 0 Å². The van der Waals surface area contributed by atoms with Gasteiger partial charge in [0.25, 0.3) is 5.91 Å². The fourth-order valence-electron chi connectivity index (χ4n) is 7.20. The summed E-state index contributed by atoms with van der Waals surface area (Å²) in [7, 11) is 0. The van der Waals surface area contributed by atoms with Crippen molar-refractivity contribution in [2.24, 2.45) is 17.8 Å². The van der Waals surface area contributed by atoms with Gasteiger partial charge in [0.2, 0.25) is 0 Å². The SMILES string of the molecule is Nc1ccccc1NC(=O)c1ccc(C23CC4CC(CC(C4)C2)C3)c(OCc2ccccc2)c1. The number of hydrogen-bond donors (Lipinski definition) is 2. The Hall–Kier alpha value is -3.27. The van der Waals surface area contributed by atoms with Crippen molar-refractivity contribution in [1.82, 2.24) is 0 Å². The van der Waals surface area contributed by atoms with Gasteiger partial charge in [0.15, 0.2) is 0 Å². The van der Waals surface area contributed by atoms with Crippen molar-refractivity contribution in [1.29, 1.82) is 0 Å². The van der Waals surface area contributed by atoms with E-state index in [2.05, 4.69) is 23.5 Å². The van der Waals surface area contributed by atoms with Gasteiger partial charge in [0, 0.05) is 11.1 Å². The van der Waals surface area contributed by atoms with E-state index in [4.69, 9.17) is 10.5 Å². The number of carbonyl (C=O) groups excluding carboxylic acids is 1. The van der Waals surface area contributed by atoms with Gasteiger partial charge < -0.3 is 15.8 Å². The molecule has 34 heavy (non-hydrogen) atoms. The van der Waals surface area contributed by atoms with E-state index in [0.717, 1.165) is 29.1 Å². The van der Waals surface area contributed by atoms with Crippen LogP contribution in [-0.2, 0) is 12.0 Å². The second-order valence-electron chi connectivity index (χ2n) is 10.7. The molecule has 4 aliphatic rings. The molecule has 4 heteroatoms. The Labute approximate surface area is 201 Å². The maximum Gasteiger partial charge on any atom is 0.255 e. The summed E-state index contributed by atoms with van der Waals surface area (Å²) >= 11 is 0. The summed E-state index contributed by atoms with van der Waals surface area (Å²) < 4.78 is 6.47. The maximum absolute atomic E-state index is 13.1. The van der Waals surface area contributed by atoms with Gasteiger partial charge in [-0.3, -0.25) is 4.79 Å². The number of nitrogens with one attached hydrogen (secondary N) is 1. The van der Waals surface area contributed by atoms with Crippen molar-refractivity contribution in [2.45, 2.75) is 50.5 Å². The Morgan fingerprint density at radius 3 is 2.21 bits per heavy atom. The second kappa shape index (κ2) is 8.50. The summed E-state index contributed by atoms with van der Waals surface area (Å²) in [4.78, 5) is 13.1. The minimum Gasteiger partial charge on any atom is -0.489 e. The Morgan fingerprint density at radius 1 is 0.882 bits per heavy atom. The molecule has 4 saturated carbocycles. The minimum absolute atomic E-state index is 0.167. The van der Waals surface area contributed by atoms with Gasteiger partial charge in [-0.2, -0.15) is 0 Å². The van der Waals surface area contributed by atoms with Crippen LogP contribution in [0.4, 0.5) is 11.4 Å². The van der Waals surface area contributed by atoms with Crippen molar-refractivity contribution in [3.05, 3.63) is 89.5 Å². The van der Waals surface area contributed by atoms with Crippen LogP contribution in [-0.4, -0.2) is 5.91 Å². The van der Waals surface area contributed by atoms with Crippen LogP contribution >= 0.6 is 0 Å². The molecule has 7 rings (SSSR count). The highest BCUT2D eigenvalue weighted by Crippen LogP contribution is 2.62. The highest BCUT2D eigenvalue weighted by molar-refractivity contribution is 6.06. The molecule has 174 valence electrons. The molecule has 1 amide bonds. The predicted molar refractivity (Wildman–Crippen MR) is 136 cm³/mol. The molecule has 0 spiro atoms. The quantitative estimate of drug-likeness (QED) is 0.416. The molecule has 4 bridgehead atoms. The van der Waals surface area contributed by atoms with Crippen LogP contribution < -0.4 is 15.8 Å². The van der Waals surface area contributed by atoms with Gasteiger partial charge >= 0.3 is 0 Å². The molecular formula is C30H32N2O2. The van der Waals surface area contributed by atoms with Crippen molar-refractivity contribution in [3.63, 3.8) is 0 Å². The lowest BCUT2D eigenvalue weighted by atomic mass is 9.48. The van der Waals surface area contributed by atoms with Crippen LogP contribution in [0.15, 0.2) is 72.8 Å². The van der Waals surface area contributed by atoms with Crippen molar-refractivity contribution < 1.29 is 9.53 Å². The van der Waals surface area contributed by atoms with E-state index in [-0.39, 0.29) is 11.3 Å². The lowest BCUT2D eigenvalue weighted by Gasteiger charge is -2.57. The predicted octanol–water partition coefficient (Wildman–Crippen LogP) is 6.57. The summed E-state index contributed by atoms with van der Waals surface area (Å²) in [5, 5.41) is 2.96. The van der Waals surface area contributed by atoms with E-state index in [1.165, 1.54) is 44.1 Å². The van der Waals surface area contributed by atoms with E-state index >= 15 is 0 Å². The van der Waals surface area contributed by atoms with Crippen LogP contribution in [0.5, 0.6) is 5.75 Å². The number of amides is 1. The molecule has 3 N–H and O–H groups in total.